The van der Waals surface area contributed by atoms with Gasteiger partial charge in [0.25, 0.3) is 0 Å². The second-order valence-corrected chi connectivity index (χ2v) is 3.70. The summed E-state index contributed by atoms with van der Waals surface area (Å²) in [7, 11) is 0. The molecule has 0 radical (unpaired) electrons. The van der Waals surface area contributed by atoms with E-state index in [1.807, 2.05) is 6.07 Å². The predicted octanol–water partition coefficient (Wildman–Crippen LogP) is 2.52. The average Bonchev–Trinajstić information content (AvgIpc) is 2.16. The van der Waals surface area contributed by atoms with Gasteiger partial charge in [0.1, 0.15) is 11.6 Å². The molecule has 14 heavy (non-hydrogen) atoms. The van der Waals surface area contributed by atoms with Crippen LogP contribution in [0.25, 0.3) is 0 Å². The van der Waals surface area contributed by atoms with Gasteiger partial charge in [0.2, 0.25) is 0 Å². The van der Waals surface area contributed by atoms with Crippen molar-refractivity contribution in [1.82, 2.24) is 9.97 Å². The topological polar surface area (TPSA) is 51.8 Å². The lowest BCUT2D eigenvalue weighted by Crippen LogP contribution is -2.06. The van der Waals surface area contributed by atoms with Gasteiger partial charge in [-0.1, -0.05) is 27.2 Å². The number of aryl methyl sites for hydroxylation is 1. The lowest BCUT2D eigenvalue weighted by Gasteiger charge is -2.09. The van der Waals surface area contributed by atoms with E-state index in [1.54, 1.807) is 0 Å². The van der Waals surface area contributed by atoms with E-state index in [4.69, 9.17) is 5.73 Å². The largest absolute Gasteiger partial charge is 0.384 e. The standard InChI is InChI=1S/C11H19N3/c1-4-6-9-7-10(12)14-11(13-9)8(3)5-2/h7-8H,4-6H2,1-3H3,(H2,12,13,14). The fraction of sp³-hybridized carbons (Fsp3) is 0.636. The van der Waals surface area contributed by atoms with Crippen LogP contribution in [-0.2, 0) is 6.42 Å². The van der Waals surface area contributed by atoms with E-state index in [-0.39, 0.29) is 0 Å². The number of nitrogens with two attached hydrogens (primary N) is 1. The van der Waals surface area contributed by atoms with Crippen LogP contribution in [0.5, 0.6) is 0 Å². The van der Waals surface area contributed by atoms with Gasteiger partial charge in [-0.2, -0.15) is 0 Å². The molecule has 0 aromatic carbocycles. The molecule has 1 aromatic heterocycles. The molecule has 0 aliphatic carbocycles. The molecule has 3 heteroatoms. The molecule has 0 saturated heterocycles. The number of anilines is 1. The Balaban J connectivity index is 2.94. The Kier molecular flexibility index (Phi) is 3.86. The molecule has 1 aromatic rings. The zero-order valence-electron chi connectivity index (χ0n) is 9.25. The van der Waals surface area contributed by atoms with Crippen LogP contribution in [0, 0.1) is 0 Å². The summed E-state index contributed by atoms with van der Waals surface area (Å²) < 4.78 is 0. The molecule has 1 heterocycles. The third-order valence-corrected chi connectivity index (χ3v) is 2.38. The highest BCUT2D eigenvalue weighted by Gasteiger charge is 2.08. The molecule has 3 nitrogen and oxygen atoms in total. The molecule has 0 amide bonds. The summed E-state index contributed by atoms with van der Waals surface area (Å²) in [5.41, 5.74) is 6.80. The molecule has 0 fully saturated rings. The number of rotatable bonds is 4. The zero-order valence-corrected chi connectivity index (χ0v) is 9.25. The maximum Gasteiger partial charge on any atom is 0.133 e. The molecule has 0 bridgehead atoms. The van der Waals surface area contributed by atoms with Crippen LogP contribution in [-0.4, -0.2) is 9.97 Å². The Morgan fingerprint density at radius 3 is 2.64 bits per heavy atom. The predicted molar refractivity (Wildman–Crippen MR) is 59.1 cm³/mol. The van der Waals surface area contributed by atoms with E-state index in [1.165, 1.54) is 0 Å². The lowest BCUT2D eigenvalue weighted by atomic mass is 10.1. The smallest absolute Gasteiger partial charge is 0.133 e. The minimum atomic E-state index is 0.397. The summed E-state index contributed by atoms with van der Waals surface area (Å²) >= 11 is 0. The first-order chi connectivity index (χ1) is 6.67. The first kappa shape index (κ1) is 11.0. The summed E-state index contributed by atoms with van der Waals surface area (Å²) in [6, 6.07) is 1.87. The Bertz CT molecular complexity index is 297. The highest BCUT2D eigenvalue weighted by Crippen LogP contribution is 2.16. The minimum absolute atomic E-state index is 0.397. The van der Waals surface area contributed by atoms with Crippen molar-refractivity contribution in [3.63, 3.8) is 0 Å². The summed E-state index contributed by atoms with van der Waals surface area (Å²) in [6.07, 6.45) is 3.13. The molecular formula is C11H19N3. The summed E-state index contributed by atoms with van der Waals surface area (Å²) in [5, 5.41) is 0. The van der Waals surface area contributed by atoms with Gasteiger partial charge in [-0.25, -0.2) is 9.97 Å². The van der Waals surface area contributed by atoms with Crippen molar-refractivity contribution >= 4 is 5.82 Å². The highest BCUT2D eigenvalue weighted by molar-refractivity contribution is 5.30. The van der Waals surface area contributed by atoms with E-state index in [0.717, 1.165) is 30.8 Å². The Morgan fingerprint density at radius 2 is 2.07 bits per heavy atom. The number of aromatic nitrogens is 2. The Morgan fingerprint density at radius 1 is 1.36 bits per heavy atom. The fourth-order valence-electron chi connectivity index (χ4n) is 1.33. The number of hydrogen-bond donors (Lipinski definition) is 1. The third-order valence-electron chi connectivity index (χ3n) is 2.38. The van der Waals surface area contributed by atoms with Crippen LogP contribution < -0.4 is 5.73 Å². The quantitative estimate of drug-likeness (QED) is 0.799. The van der Waals surface area contributed by atoms with Gasteiger partial charge < -0.3 is 5.73 Å². The molecule has 1 rings (SSSR count). The SMILES string of the molecule is CCCc1cc(N)nc(C(C)CC)n1. The van der Waals surface area contributed by atoms with Crippen LogP contribution in [0.15, 0.2) is 6.07 Å². The molecular weight excluding hydrogens is 174 g/mol. The van der Waals surface area contributed by atoms with Crippen molar-refractivity contribution < 1.29 is 0 Å². The summed E-state index contributed by atoms with van der Waals surface area (Å²) in [4.78, 5) is 8.76. The Labute approximate surface area is 85.8 Å². The minimum Gasteiger partial charge on any atom is -0.384 e. The van der Waals surface area contributed by atoms with Crippen LogP contribution in [0.2, 0.25) is 0 Å². The van der Waals surface area contributed by atoms with E-state index < -0.39 is 0 Å². The van der Waals surface area contributed by atoms with Crippen LogP contribution in [0.1, 0.15) is 51.0 Å². The molecule has 0 aliphatic rings. The fourth-order valence-corrected chi connectivity index (χ4v) is 1.33. The van der Waals surface area contributed by atoms with Crippen LogP contribution >= 0.6 is 0 Å². The molecule has 0 saturated carbocycles. The summed E-state index contributed by atoms with van der Waals surface area (Å²) in [6.45, 7) is 6.41. The molecule has 0 aliphatic heterocycles. The molecule has 1 atom stereocenters. The summed E-state index contributed by atoms with van der Waals surface area (Å²) in [5.74, 6) is 1.88. The average molecular weight is 193 g/mol. The van der Waals surface area contributed by atoms with Crippen molar-refractivity contribution in [2.45, 2.75) is 46.0 Å². The maximum atomic E-state index is 5.73. The third kappa shape index (κ3) is 2.69. The van der Waals surface area contributed by atoms with Gasteiger partial charge in [-0.15, -0.1) is 0 Å². The van der Waals surface area contributed by atoms with Crippen molar-refractivity contribution in [2.75, 3.05) is 5.73 Å². The van der Waals surface area contributed by atoms with Crippen molar-refractivity contribution in [3.8, 4) is 0 Å². The number of hydrogen-bond acceptors (Lipinski definition) is 3. The molecule has 0 spiro atoms. The van der Waals surface area contributed by atoms with E-state index in [0.29, 0.717) is 11.7 Å². The van der Waals surface area contributed by atoms with Crippen molar-refractivity contribution in [3.05, 3.63) is 17.6 Å². The number of nitrogen functional groups attached to an aromatic ring is 1. The monoisotopic (exact) mass is 193 g/mol. The highest BCUT2D eigenvalue weighted by atomic mass is 14.9. The second-order valence-electron chi connectivity index (χ2n) is 3.70. The van der Waals surface area contributed by atoms with E-state index in [2.05, 4.69) is 30.7 Å². The molecule has 2 N–H and O–H groups in total. The first-order valence-electron chi connectivity index (χ1n) is 5.30. The Hall–Kier alpha value is -1.12. The van der Waals surface area contributed by atoms with Crippen LogP contribution in [0.4, 0.5) is 5.82 Å². The van der Waals surface area contributed by atoms with Gasteiger partial charge >= 0.3 is 0 Å². The molecule has 78 valence electrons. The molecule has 1 unspecified atom stereocenters. The van der Waals surface area contributed by atoms with Crippen molar-refractivity contribution in [1.29, 1.82) is 0 Å². The van der Waals surface area contributed by atoms with Gasteiger partial charge in [0, 0.05) is 17.7 Å². The van der Waals surface area contributed by atoms with Gasteiger partial charge in [-0.3, -0.25) is 0 Å². The van der Waals surface area contributed by atoms with E-state index in [9.17, 15) is 0 Å². The first-order valence-corrected chi connectivity index (χ1v) is 5.30. The van der Waals surface area contributed by atoms with E-state index >= 15 is 0 Å². The van der Waals surface area contributed by atoms with Crippen molar-refractivity contribution in [2.24, 2.45) is 0 Å². The second kappa shape index (κ2) is 4.94. The number of nitrogens with zero attached hydrogens (tertiary/aromatic N) is 2. The normalized spacial score (nSPS) is 12.8. The van der Waals surface area contributed by atoms with Gasteiger partial charge in [0.15, 0.2) is 0 Å². The maximum absolute atomic E-state index is 5.73. The van der Waals surface area contributed by atoms with Gasteiger partial charge in [0.05, 0.1) is 0 Å². The lowest BCUT2D eigenvalue weighted by molar-refractivity contribution is 0.670. The van der Waals surface area contributed by atoms with Crippen LogP contribution in [0.3, 0.4) is 0 Å². The zero-order chi connectivity index (χ0) is 10.6. The van der Waals surface area contributed by atoms with Gasteiger partial charge in [-0.05, 0) is 12.8 Å².